The van der Waals surface area contributed by atoms with Crippen LogP contribution in [0.2, 0.25) is 4.34 Å². The number of carbonyl (C=O) groups excluding carboxylic acids is 1. The molecule has 0 saturated carbocycles. The van der Waals surface area contributed by atoms with Gasteiger partial charge in [0.2, 0.25) is 0 Å². The molecule has 1 aliphatic rings. The normalized spacial score (nSPS) is 19.0. The summed E-state index contributed by atoms with van der Waals surface area (Å²) in [6.45, 7) is 8.98. The van der Waals surface area contributed by atoms with Crippen LogP contribution in [0.25, 0.3) is 0 Å². The van der Waals surface area contributed by atoms with Gasteiger partial charge in [-0.25, -0.2) is 4.79 Å². The number of ether oxygens (including phenoxy) is 1. The van der Waals surface area contributed by atoms with E-state index in [0.29, 0.717) is 5.92 Å². The second-order valence-electron chi connectivity index (χ2n) is 6.42. The number of hydrogen-bond donors (Lipinski definition) is 1. The summed E-state index contributed by atoms with van der Waals surface area (Å²) < 4.78 is 6.22. The molecule has 1 N–H and O–H groups in total. The second-order valence-corrected chi connectivity index (χ2v) is 8.22. The first kappa shape index (κ1) is 16.6. The van der Waals surface area contributed by atoms with Crippen LogP contribution < -0.4 is 5.32 Å². The van der Waals surface area contributed by atoms with Crippen molar-refractivity contribution in [3.05, 3.63) is 21.3 Å². The maximum absolute atomic E-state index is 12.0. The highest BCUT2D eigenvalue weighted by molar-refractivity contribution is 7.16. The highest BCUT2D eigenvalue weighted by Crippen LogP contribution is 2.22. The van der Waals surface area contributed by atoms with Crippen LogP contribution in [0, 0.1) is 5.92 Å². The molecule has 118 valence electrons. The Morgan fingerprint density at radius 3 is 2.90 bits per heavy atom. The zero-order valence-corrected chi connectivity index (χ0v) is 14.4. The summed E-state index contributed by atoms with van der Waals surface area (Å²) in [5, 5.41) is 3.44. The number of nitrogens with one attached hydrogen (secondary N) is 1. The van der Waals surface area contributed by atoms with E-state index in [-0.39, 0.29) is 6.09 Å². The molecule has 1 saturated heterocycles. The number of hydrogen-bond acceptors (Lipinski definition) is 4. The van der Waals surface area contributed by atoms with Gasteiger partial charge in [-0.2, -0.15) is 0 Å². The lowest BCUT2D eigenvalue weighted by molar-refractivity contribution is 0.0288. The van der Waals surface area contributed by atoms with Crippen molar-refractivity contribution in [2.75, 3.05) is 19.6 Å². The molecule has 1 unspecified atom stereocenters. The molecule has 1 aliphatic heterocycles. The fraction of sp³-hybridized carbons (Fsp3) is 0.667. The average Bonchev–Trinajstić information content (AvgIpc) is 2.97. The van der Waals surface area contributed by atoms with Gasteiger partial charge in [0.05, 0.1) is 4.34 Å². The van der Waals surface area contributed by atoms with Crippen molar-refractivity contribution < 1.29 is 9.53 Å². The molecule has 0 bridgehead atoms. The molecule has 0 spiro atoms. The summed E-state index contributed by atoms with van der Waals surface area (Å²) in [6.07, 6.45) is 0.826. The molecule has 0 aliphatic carbocycles. The number of likely N-dealkylation sites (tertiary alicyclic amines) is 1. The Hall–Kier alpha value is -0.780. The molecule has 0 aromatic carbocycles. The molecule has 6 heteroatoms. The molecule has 1 aromatic rings. The maximum atomic E-state index is 12.0. The molecule has 1 fully saturated rings. The van der Waals surface area contributed by atoms with E-state index in [4.69, 9.17) is 16.3 Å². The number of rotatable bonds is 4. The van der Waals surface area contributed by atoms with Crippen LogP contribution in [0.1, 0.15) is 32.1 Å². The minimum absolute atomic E-state index is 0.199. The molecule has 4 nitrogen and oxygen atoms in total. The highest BCUT2D eigenvalue weighted by Gasteiger charge is 2.29. The van der Waals surface area contributed by atoms with Gasteiger partial charge in [-0.15, -0.1) is 11.3 Å². The molecule has 2 rings (SSSR count). The molecular formula is C15H23ClN2O2S. The van der Waals surface area contributed by atoms with Crippen molar-refractivity contribution >= 4 is 29.0 Å². The van der Waals surface area contributed by atoms with Crippen molar-refractivity contribution in [2.24, 2.45) is 5.92 Å². The topological polar surface area (TPSA) is 41.6 Å². The minimum atomic E-state index is -0.425. The van der Waals surface area contributed by atoms with Crippen LogP contribution in [0.5, 0.6) is 0 Å². The van der Waals surface area contributed by atoms with Gasteiger partial charge >= 0.3 is 6.09 Å². The molecule has 1 amide bonds. The minimum Gasteiger partial charge on any atom is -0.444 e. The maximum Gasteiger partial charge on any atom is 0.410 e. The van der Waals surface area contributed by atoms with Crippen LogP contribution in [0.15, 0.2) is 12.1 Å². The molecule has 21 heavy (non-hydrogen) atoms. The highest BCUT2D eigenvalue weighted by atomic mass is 35.5. The van der Waals surface area contributed by atoms with Gasteiger partial charge in [-0.05, 0) is 45.2 Å². The Bertz CT molecular complexity index is 484. The second kappa shape index (κ2) is 6.99. The van der Waals surface area contributed by atoms with Crippen LogP contribution >= 0.6 is 22.9 Å². The van der Waals surface area contributed by atoms with Gasteiger partial charge < -0.3 is 15.0 Å². The van der Waals surface area contributed by atoms with Crippen molar-refractivity contribution in [3.63, 3.8) is 0 Å². The fourth-order valence-corrected chi connectivity index (χ4v) is 3.39. The lowest BCUT2D eigenvalue weighted by Gasteiger charge is -2.24. The SMILES string of the molecule is CC(C)(C)OC(=O)N1CCC(CNCc2ccc(Cl)s2)C1. The first-order chi connectivity index (χ1) is 9.83. The Morgan fingerprint density at radius 2 is 2.29 bits per heavy atom. The predicted octanol–water partition coefficient (Wildman–Crippen LogP) is 3.75. The van der Waals surface area contributed by atoms with E-state index in [0.717, 1.165) is 36.9 Å². The van der Waals surface area contributed by atoms with Crippen molar-refractivity contribution in [2.45, 2.75) is 39.3 Å². The Labute approximate surface area is 135 Å². The summed E-state index contributed by atoms with van der Waals surface area (Å²) in [7, 11) is 0. The van der Waals surface area contributed by atoms with Gasteiger partial charge in [-0.3, -0.25) is 0 Å². The van der Waals surface area contributed by atoms with Crippen LogP contribution in [-0.4, -0.2) is 36.2 Å². The average molecular weight is 331 g/mol. The summed E-state index contributed by atoms with van der Waals surface area (Å²) in [4.78, 5) is 15.0. The number of nitrogens with zero attached hydrogens (tertiary/aromatic N) is 1. The molecular weight excluding hydrogens is 308 g/mol. The zero-order chi connectivity index (χ0) is 15.5. The van der Waals surface area contributed by atoms with E-state index in [1.165, 1.54) is 4.88 Å². The van der Waals surface area contributed by atoms with Crippen molar-refractivity contribution in [1.29, 1.82) is 0 Å². The third-order valence-corrected chi connectivity index (χ3v) is 4.53. The Kier molecular flexibility index (Phi) is 5.52. The smallest absolute Gasteiger partial charge is 0.410 e. The number of halogens is 1. The third kappa shape index (κ3) is 5.49. The Balaban J connectivity index is 1.69. The quantitative estimate of drug-likeness (QED) is 0.914. The van der Waals surface area contributed by atoms with Crippen LogP contribution in [-0.2, 0) is 11.3 Å². The lowest BCUT2D eigenvalue weighted by atomic mass is 10.1. The summed E-state index contributed by atoms with van der Waals surface area (Å²) in [5.74, 6) is 0.493. The van der Waals surface area contributed by atoms with E-state index >= 15 is 0 Å². The predicted molar refractivity (Wildman–Crippen MR) is 86.9 cm³/mol. The number of carbonyl (C=O) groups is 1. The molecule has 1 atom stereocenters. The van der Waals surface area contributed by atoms with E-state index in [2.05, 4.69) is 5.32 Å². The monoisotopic (exact) mass is 330 g/mol. The number of thiophene rings is 1. The van der Waals surface area contributed by atoms with Crippen molar-refractivity contribution in [3.8, 4) is 0 Å². The fourth-order valence-electron chi connectivity index (χ4n) is 2.34. The summed E-state index contributed by atoms with van der Waals surface area (Å²) in [5.41, 5.74) is -0.425. The van der Waals surface area contributed by atoms with Crippen LogP contribution in [0.3, 0.4) is 0 Å². The molecule has 0 radical (unpaired) electrons. The van der Waals surface area contributed by atoms with Gasteiger partial charge in [0, 0.05) is 31.1 Å². The largest absolute Gasteiger partial charge is 0.444 e. The third-order valence-electron chi connectivity index (χ3n) is 3.30. The first-order valence-corrected chi connectivity index (χ1v) is 8.46. The van der Waals surface area contributed by atoms with Gasteiger partial charge in [0.1, 0.15) is 5.60 Å². The zero-order valence-electron chi connectivity index (χ0n) is 12.8. The van der Waals surface area contributed by atoms with E-state index < -0.39 is 5.60 Å². The van der Waals surface area contributed by atoms with Gasteiger partial charge in [-0.1, -0.05) is 11.6 Å². The van der Waals surface area contributed by atoms with E-state index in [1.807, 2.05) is 32.9 Å². The summed E-state index contributed by atoms with van der Waals surface area (Å²) >= 11 is 7.51. The van der Waals surface area contributed by atoms with Gasteiger partial charge in [0.25, 0.3) is 0 Å². The standard InChI is InChI=1S/C15H23ClN2O2S/c1-15(2,3)20-14(19)18-7-6-11(10-18)8-17-9-12-4-5-13(16)21-12/h4-5,11,17H,6-10H2,1-3H3. The molecule has 2 heterocycles. The van der Waals surface area contributed by atoms with E-state index in [9.17, 15) is 4.79 Å². The Morgan fingerprint density at radius 1 is 1.52 bits per heavy atom. The molecule has 1 aromatic heterocycles. The van der Waals surface area contributed by atoms with Crippen molar-refractivity contribution in [1.82, 2.24) is 10.2 Å². The van der Waals surface area contributed by atoms with Gasteiger partial charge in [0.15, 0.2) is 0 Å². The van der Waals surface area contributed by atoms with E-state index in [1.54, 1.807) is 16.2 Å². The lowest BCUT2D eigenvalue weighted by Crippen LogP contribution is -2.36. The van der Waals surface area contributed by atoms with Crippen LogP contribution in [0.4, 0.5) is 4.79 Å². The first-order valence-electron chi connectivity index (χ1n) is 7.26. The number of amides is 1. The summed E-state index contributed by atoms with van der Waals surface area (Å²) in [6, 6.07) is 3.96.